The standard InChI is InChI=1S/C25H24N6O/c26-12-18-2-1-3-20(9-18)15-31-16-21(14-28-31)11-24(32)25-22-10-17(4-5-23(22)29-30-25)8-19-6-7-27-13-19/h1-5,9-10,14,16,19,27H,6-8,11,13,15H2,(H,29,30). The zero-order valence-electron chi connectivity index (χ0n) is 17.7. The van der Waals surface area contributed by atoms with Crippen molar-refractivity contribution in [3.8, 4) is 6.07 Å². The zero-order chi connectivity index (χ0) is 21.9. The number of aromatic amines is 1. The number of carbonyl (C=O) groups excluding carboxylic acids is 1. The quantitative estimate of drug-likeness (QED) is 0.444. The lowest BCUT2D eigenvalue weighted by Gasteiger charge is -2.08. The van der Waals surface area contributed by atoms with Gasteiger partial charge in [-0.3, -0.25) is 14.6 Å². The molecule has 7 nitrogen and oxygen atoms in total. The van der Waals surface area contributed by atoms with Crippen LogP contribution in [0.1, 0.15) is 39.2 Å². The molecule has 0 radical (unpaired) electrons. The molecule has 3 heterocycles. The summed E-state index contributed by atoms with van der Waals surface area (Å²) in [6, 6.07) is 15.9. The fraction of sp³-hybridized carbons (Fsp3) is 0.280. The lowest BCUT2D eigenvalue weighted by molar-refractivity contribution is 0.0989. The first-order chi connectivity index (χ1) is 15.7. The van der Waals surface area contributed by atoms with Crippen LogP contribution < -0.4 is 5.32 Å². The van der Waals surface area contributed by atoms with E-state index in [2.05, 4.69) is 38.8 Å². The van der Waals surface area contributed by atoms with Crippen LogP contribution in [-0.2, 0) is 19.4 Å². The van der Waals surface area contributed by atoms with Crippen LogP contribution in [0.4, 0.5) is 0 Å². The van der Waals surface area contributed by atoms with E-state index in [4.69, 9.17) is 5.26 Å². The van der Waals surface area contributed by atoms with Gasteiger partial charge >= 0.3 is 0 Å². The van der Waals surface area contributed by atoms with E-state index in [1.54, 1.807) is 16.9 Å². The number of hydrogen-bond donors (Lipinski definition) is 2. The number of carbonyl (C=O) groups is 1. The van der Waals surface area contributed by atoms with Crippen molar-refractivity contribution in [3.05, 3.63) is 82.8 Å². The highest BCUT2D eigenvalue weighted by Gasteiger charge is 2.18. The van der Waals surface area contributed by atoms with Crippen LogP contribution in [0.3, 0.4) is 0 Å². The van der Waals surface area contributed by atoms with Crippen molar-refractivity contribution < 1.29 is 4.79 Å². The van der Waals surface area contributed by atoms with E-state index in [9.17, 15) is 4.79 Å². The predicted octanol–water partition coefficient (Wildman–Crippen LogP) is 3.26. The summed E-state index contributed by atoms with van der Waals surface area (Å²) < 4.78 is 1.79. The summed E-state index contributed by atoms with van der Waals surface area (Å²) in [6.07, 6.45) is 6.06. The van der Waals surface area contributed by atoms with Crippen LogP contribution >= 0.6 is 0 Å². The Labute approximate surface area is 186 Å². The van der Waals surface area contributed by atoms with E-state index >= 15 is 0 Å². The van der Waals surface area contributed by atoms with E-state index in [1.807, 2.05) is 30.5 Å². The summed E-state index contributed by atoms with van der Waals surface area (Å²) in [4.78, 5) is 13.0. The minimum atomic E-state index is -0.0260. The minimum Gasteiger partial charge on any atom is -0.316 e. The van der Waals surface area contributed by atoms with Crippen molar-refractivity contribution in [2.75, 3.05) is 13.1 Å². The number of ketones is 1. The average molecular weight is 425 g/mol. The van der Waals surface area contributed by atoms with Crippen molar-refractivity contribution in [2.24, 2.45) is 5.92 Å². The molecule has 0 spiro atoms. The first-order valence-corrected chi connectivity index (χ1v) is 10.9. The van der Waals surface area contributed by atoms with Crippen LogP contribution in [0, 0.1) is 17.2 Å². The van der Waals surface area contributed by atoms with Gasteiger partial charge in [0.15, 0.2) is 5.78 Å². The molecule has 1 aliphatic rings. The van der Waals surface area contributed by atoms with Gasteiger partial charge in [0, 0.05) is 18.0 Å². The third-order valence-electron chi connectivity index (χ3n) is 6.03. The van der Waals surface area contributed by atoms with E-state index < -0.39 is 0 Å². The maximum atomic E-state index is 13.0. The molecule has 1 unspecified atom stereocenters. The number of H-pyrrole nitrogens is 1. The topological polar surface area (TPSA) is 99.4 Å². The predicted molar refractivity (Wildman–Crippen MR) is 121 cm³/mol. The minimum absolute atomic E-state index is 0.0260. The molecule has 160 valence electrons. The molecule has 2 aromatic carbocycles. The molecule has 0 amide bonds. The van der Waals surface area contributed by atoms with Gasteiger partial charge in [0.2, 0.25) is 0 Å². The van der Waals surface area contributed by atoms with Crippen molar-refractivity contribution >= 4 is 16.7 Å². The van der Waals surface area contributed by atoms with Crippen molar-refractivity contribution in [3.63, 3.8) is 0 Å². The number of aromatic nitrogens is 4. The third kappa shape index (κ3) is 4.32. The maximum Gasteiger partial charge on any atom is 0.188 e. The van der Waals surface area contributed by atoms with Gasteiger partial charge in [0.25, 0.3) is 0 Å². The molecule has 4 aromatic rings. The van der Waals surface area contributed by atoms with Crippen LogP contribution in [0.5, 0.6) is 0 Å². The van der Waals surface area contributed by atoms with Gasteiger partial charge in [-0.15, -0.1) is 0 Å². The van der Waals surface area contributed by atoms with Gasteiger partial charge in [-0.05, 0) is 72.8 Å². The second kappa shape index (κ2) is 8.77. The van der Waals surface area contributed by atoms with E-state index in [0.29, 0.717) is 23.7 Å². The zero-order valence-corrected chi connectivity index (χ0v) is 17.7. The summed E-state index contributed by atoms with van der Waals surface area (Å²) in [5.41, 5.74) is 5.08. The lowest BCUT2D eigenvalue weighted by atomic mass is 9.97. The number of hydrogen-bond acceptors (Lipinski definition) is 5. The van der Waals surface area contributed by atoms with Crippen molar-refractivity contribution in [1.29, 1.82) is 5.26 Å². The van der Waals surface area contributed by atoms with Crippen molar-refractivity contribution in [1.82, 2.24) is 25.3 Å². The molecule has 2 aromatic heterocycles. The Morgan fingerprint density at radius 1 is 1.19 bits per heavy atom. The van der Waals surface area contributed by atoms with Crippen LogP contribution in [0.15, 0.2) is 54.9 Å². The summed E-state index contributed by atoms with van der Waals surface area (Å²) in [5.74, 6) is 0.625. The Bertz CT molecular complexity index is 1310. The fourth-order valence-corrected chi connectivity index (χ4v) is 4.40. The molecular formula is C25H24N6O. The second-order valence-corrected chi connectivity index (χ2v) is 8.47. The molecule has 1 aliphatic heterocycles. The number of nitrogens with one attached hydrogen (secondary N) is 2. The van der Waals surface area contributed by atoms with Crippen LogP contribution in [0.2, 0.25) is 0 Å². The molecule has 0 saturated carbocycles. The Morgan fingerprint density at radius 3 is 2.97 bits per heavy atom. The maximum absolute atomic E-state index is 13.0. The SMILES string of the molecule is N#Cc1cccc(Cn2cc(CC(=O)c3n[nH]c4ccc(CC5CCNC5)cc34)cn2)c1. The van der Waals surface area contributed by atoms with Crippen LogP contribution in [0.25, 0.3) is 10.9 Å². The molecule has 7 heteroatoms. The number of benzene rings is 2. The second-order valence-electron chi connectivity index (χ2n) is 8.47. The van der Waals surface area contributed by atoms with Gasteiger partial charge in [0.1, 0.15) is 5.69 Å². The molecule has 2 N–H and O–H groups in total. The van der Waals surface area contributed by atoms with Crippen LogP contribution in [-0.4, -0.2) is 38.9 Å². The molecule has 1 fully saturated rings. The monoisotopic (exact) mass is 424 g/mol. The third-order valence-corrected chi connectivity index (χ3v) is 6.03. The largest absolute Gasteiger partial charge is 0.316 e. The van der Waals surface area contributed by atoms with Crippen molar-refractivity contribution in [2.45, 2.75) is 25.8 Å². The van der Waals surface area contributed by atoms with Gasteiger partial charge in [-0.2, -0.15) is 15.5 Å². The first-order valence-electron chi connectivity index (χ1n) is 10.9. The molecule has 0 bridgehead atoms. The number of fused-ring (bicyclic) bond motifs is 1. The Hall–Kier alpha value is -3.76. The molecule has 5 rings (SSSR count). The molecule has 0 aliphatic carbocycles. The molecule has 1 atom stereocenters. The van der Waals surface area contributed by atoms with Gasteiger partial charge in [-0.1, -0.05) is 18.2 Å². The Morgan fingerprint density at radius 2 is 2.12 bits per heavy atom. The lowest BCUT2D eigenvalue weighted by Crippen LogP contribution is -2.10. The number of Topliss-reactive ketones (excluding diaryl/α,β-unsaturated/α-hetero) is 1. The highest BCUT2D eigenvalue weighted by atomic mass is 16.1. The molecular weight excluding hydrogens is 400 g/mol. The Balaban J connectivity index is 1.30. The van der Waals surface area contributed by atoms with Gasteiger partial charge < -0.3 is 5.32 Å². The van der Waals surface area contributed by atoms with E-state index in [-0.39, 0.29) is 12.2 Å². The highest BCUT2D eigenvalue weighted by Crippen LogP contribution is 2.23. The molecule has 1 saturated heterocycles. The average Bonchev–Trinajstić information content (AvgIpc) is 3.55. The normalized spacial score (nSPS) is 15.8. The summed E-state index contributed by atoms with van der Waals surface area (Å²) in [7, 11) is 0. The number of nitriles is 1. The molecule has 32 heavy (non-hydrogen) atoms. The van der Waals surface area contributed by atoms with Gasteiger partial charge in [0.05, 0.1) is 29.9 Å². The summed E-state index contributed by atoms with van der Waals surface area (Å²) in [6.45, 7) is 2.69. The van der Waals surface area contributed by atoms with Gasteiger partial charge in [-0.25, -0.2) is 0 Å². The summed E-state index contributed by atoms with van der Waals surface area (Å²) >= 11 is 0. The summed E-state index contributed by atoms with van der Waals surface area (Å²) in [5, 5.41) is 25.1. The first kappa shape index (κ1) is 20.2. The number of nitrogens with zero attached hydrogens (tertiary/aromatic N) is 4. The smallest absolute Gasteiger partial charge is 0.188 e. The number of rotatable bonds is 7. The van der Waals surface area contributed by atoms with E-state index in [1.165, 1.54) is 12.0 Å². The highest BCUT2D eigenvalue weighted by molar-refractivity contribution is 6.06. The Kier molecular flexibility index (Phi) is 5.53. The van der Waals surface area contributed by atoms with E-state index in [0.717, 1.165) is 41.5 Å². The fourth-order valence-electron chi connectivity index (χ4n) is 4.40.